The number of anilines is 1. The smallest absolute Gasteiger partial charge is 0.223 e. The second-order valence-corrected chi connectivity index (χ2v) is 4.39. The summed E-state index contributed by atoms with van der Waals surface area (Å²) < 4.78 is 5.28. The molecule has 0 aromatic carbocycles. The second-order valence-electron chi connectivity index (χ2n) is 4.39. The van der Waals surface area contributed by atoms with Gasteiger partial charge in [-0.15, -0.1) is 0 Å². The summed E-state index contributed by atoms with van der Waals surface area (Å²) in [5.41, 5.74) is 2.10. The monoisotopic (exact) mass is 237 g/mol. The third-order valence-electron chi connectivity index (χ3n) is 2.42. The number of ether oxygens (including phenoxy) is 1. The topological polar surface area (TPSA) is 47.0 Å². The molecule has 0 saturated carbocycles. The summed E-state index contributed by atoms with van der Waals surface area (Å²) in [6.07, 6.45) is 0.974. The summed E-state index contributed by atoms with van der Waals surface area (Å²) in [7, 11) is 0. The second kappa shape index (κ2) is 7.22. The molecule has 4 heteroatoms. The van der Waals surface area contributed by atoms with Crippen LogP contribution in [0.1, 0.15) is 44.5 Å². The van der Waals surface area contributed by atoms with Crippen LogP contribution >= 0.6 is 0 Å². The molecule has 0 saturated heterocycles. The van der Waals surface area contributed by atoms with Gasteiger partial charge in [0.25, 0.3) is 0 Å². The maximum absolute atomic E-state index is 5.28. The van der Waals surface area contributed by atoms with Crippen LogP contribution in [0.4, 0.5) is 5.95 Å². The minimum Gasteiger partial charge on any atom is -0.382 e. The summed E-state index contributed by atoms with van der Waals surface area (Å²) in [4.78, 5) is 8.86. The molecule has 1 rings (SSSR count). The molecule has 0 atom stereocenters. The average molecular weight is 237 g/mol. The van der Waals surface area contributed by atoms with Crippen molar-refractivity contribution in [2.75, 3.05) is 25.1 Å². The zero-order valence-electron chi connectivity index (χ0n) is 11.3. The maximum atomic E-state index is 5.28. The third-order valence-corrected chi connectivity index (χ3v) is 2.42. The fraction of sp³-hybridized carbons (Fsp3) is 0.692. The van der Waals surface area contributed by atoms with Crippen LogP contribution in [0.5, 0.6) is 0 Å². The Kier molecular flexibility index (Phi) is 5.91. The molecule has 1 aromatic heterocycles. The van der Waals surface area contributed by atoms with Crippen LogP contribution < -0.4 is 5.32 Å². The standard InChI is InChI=1S/C13H23N3O/c1-5-17-8-6-7-14-13-15-11(4)9-12(16-13)10(2)3/h9-10H,5-8H2,1-4H3,(H,14,15,16). The first-order valence-corrected chi connectivity index (χ1v) is 6.30. The van der Waals surface area contributed by atoms with Crippen LogP contribution in [0.25, 0.3) is 0 Å². The first kappa shape index (κ1) is 13.9. The van der Waals surface area contributed by atoms with E-state index >= 15 is 0 Å². The van der Waals surface area contributed by atoms with Crippen molar-refractivity contribution in [3.05, 3.63) is 17.5 Å². The normalized spacial score (nSPS) is 10.9. The van der Waals surface area contributed by atoms with E-state index < -0.39 is 0 Å². The van der Waals surface area contributed by atoms with Crippen molar-refractivity contribution in [1.29, 1.82) is 0 Å². The molecule has 0 unspecified atom stereocenters. The van der Waals surface area contributed by atoms with E-state index in [1.807, 2.05) is 19.9 Å². The third kappa shape index (κ3) is 5.13. The fourth-order valence-corrected chi connectivity index (χ4v) is 1.49. The minimum absolute atomic E-state index is 0.431. The Labute approximate surface area is 104 Å². The van der Waals surface area contributed by atoms with Crippen molar-refractivity contribution < 1.29 is 4.74 Å². The molecule has 0 aliphatic heterocycles. The zero-order chi connectivity index (χ0) is 12.7. The molecule has 4 nitrogen and oxygen atoms in total. The van der Waals surface area contributed by atoms with Gasteiger partial charge in [-0.25, -0.2) is 9.97 Å². The Balaban J connectivity index is 2.47. The number of aryl methyl sites for hydroxylation is 1. The van der Waals surface area contributed by atoms with E-state index in [-0.39, 0.29) is 0 Å². The molecule has 0 bridgehead atoms. The highest BCUT2D eigenvalue weighted by Crippen LogP contribution is 2.14. The van der Waals surface area contributed by atoms with Crippen molar-refractivity contribution in [2.45, 2.75) is 40.0 Å². The molecular formula is C13H23N3O. The predicted octanol–water partition coefficient (Wildman–Crippen LogP) is 2.75. The van der Waals surface area contributed by atoms with Gasteiger partial charge in [-0.2, -0.15) is 0 Å². The van der Waals surface area contributed by atoms with Gasteiger partial charge < -0.3 is 10.1 Å². The molecule has 0 radical (unpaired) electrons. The van der Waals surface area contributed by atoms with Gasteiger partial charge in [0.05, 0.1) is 0 Å². The molecule has 1 aromatic rings. The Hall–Kier alpha value is -1.16. The molecule has 0 spiro atoms. The van der Waals surface area contributed by atoms with Crippen LogP contribution in [0, 0.1) is 6.92 Å². The SMILES string of the molecule is CCOCCCNc1nc(C)cc(C(C)C)n1. The van der Waals surface area contributed by atoms with Crippen molar-refractivity contribution >= 4 is 5.95 Å². The Bertz CT molecular complexity index is 339. The molecule has 96 valence electrons. The van der Waals surface area contributed by atoms with Crippen molar-refractivity contribution in [2.24, 2.45) is 0 Å². The molecule has 0 fully saturated rings. The lowest BCUT2D eigenvalue weighted by Gasteiger charge is -2.10. The summed E-state index contributed by atoms with van der Waals surface area (Å²) in [6.45, 7) is 10.7. The van der Waals surface area contributed by atoms with E-state index in [0.29, 0.717) is 5.92 Å². The van der Waals surface area contributed by atoms with Gasteiger partial charge in [0.2, 0.25) is 5.95 Å². The van der Waals surface area contributed by atoms with Gasteiger partial charge in [0.15, 0.2) is 0 Å². The van der Waals surface area contributed by atoms with Crippen LogP contribution in [0.2, 0.25) is 0 Å². The maximum Gasteiger partial charge on any atom is 0.223 e. The van der Waals surface area contributed by atoms with Crippen LogP contribution in [0.15, 0.2) is 6.07 Å². The van der Waals surface area contributed by atoms with Crippen molar-refractivity contribution in [3.8, 4) is 0 Å². The molecule has 0 amide bonds. The van der Waals surface area contributed by atoms with Gasteiger partial charge in [-0.05, 0) is 32.3 Å². The highest BCUT2D eigenvalue weighted by molar-refractivity contribution is 5.28. The van der Waals surface area contributed by atoms with Gasteiger partial charge in [0, 0.05) is 31.1 Å². The summed E-state index contributed by atoms with van der Waals surface area (Å²) in [5.74, 6) is 1.16. The van der Waals surface area contributed by atoms with E-state index in [2.05, 4.69) is 29.1 Å². The summed E-state index contributed by atoms with van der Waals surface area (Å²) >= 11 is 0. The number of nitrogens with zero attached hydrogens (tertiary/aromatic N) is 2. The lowest BCUT2D eigenvalue weighted by Crippen LogP contribution is -2.10. The fourth-order valence-electron chi connectivity index (χ4n) is 1.49. The largest absolute Gasteiger partial charge is 0.382 e. The molecule has 1 heterocycles. The highest BCUT2D eigenvalue weighted by atomic mass is 16.5. The van der Waals surface area contributed by atoms with E-state index in [1.54, 1.807) is 0 Å². The molecule has 0 aliphatic rings. The lowest BCUT2D eigenvalue weighted by molar-refractivity contribution is 0.147. The van der Waals surface area contributed by atoms with E-state index in [4.69, 9.17) is 4.74 Å². The van der Waals surface area contributed by atoms with E-state index in [9.17, 15) is 0 Å². The average Bonchev–Trinajstić information content (AvgIpc) is 2.28. The van der Waals surface area contributed by atoms with Gasteiger partial charge in [-0.3, -0.25) is 0 Å². The number of hydrogen-bond acceptors (Lipinski definition) is 4. The van der Waals surface area contributed by atoms with Gasteiger partial charge in [0.1, 0.15) is 0 Å². The van der Waals surface area contributed by atoms with Crippen LogP contribution in [0.3, 0.4) is 0 Å². The number of rotatable bonds is 7. The first-order valence-electron chi connectivity index (χ1n) is 6.30. The lowest BCUT2D eigenvalue weighted by atomic mass is 10.1. The van der Waals surface area contributed by atoms with Crippen molar-refractivity contribution in [3.63, 3.8) is 0 Å². The van der Waals surface area contributed by atoms with E-state index in [0.717, 1.165) is 43.5 Å². The number of nitrogens with one attached hydrogen (secondary N) is 1. The van der Waals surface area contributed by atoms with Crippen LogP contribution in [-0.2, 0) is 4.74 Å². The Morgan fingerprint density at radius 3 is 2.76 bits per heavy atom. The molecule has 0 aliphatic carbocycles. The Morgan fingerprint density at radius 2 is 2.12 bits per heavy atom. The highest BCUT2D eigenvalue weighted by Gasteiger charge is 2.05. The van der Waals surface area contributed by atoms with Gasteiger partial charge in [-0.1, -0.05) is 13.8 Å². The first-order chi connectivity index (χ1) is 8.13. The van der Waals surface area contributed by atoms with E-state index in [1.165, 1.54) is 0 Å². The van der Waals surface area contributed by atoms with Crippen LogP contribution in [-0.4, -0.2) is 29.7 Å². The molecule has 17 heavy (non-hydrogen) atoms. The summed E-state index contributed by atoms with van der Waals surface area (Å²) in [6, 6.07) is 2.04. The predicted molar refractivity (Wildman–Crippen MR) is 70.5 cm³/mol. The number of hydrogen-bond donors (Lipinski definition) is 1. The zero-order valence-corrected chi connectivity index (χ0v) is 11.3. The Morgan fingerprint density at radius 1 is 1.35 bits per heavy atom. The molecular weight excluding hydrogens is 214 g/mol. The minimum atomic E-state index is 0.431. The number of aromatic nitrogens is 2. The summed E-state index contributed by atoms with van der Waals surface area (Å²) in [5, 5.41) is 3.24. The van der Waals surface area contributed by atoms with Gasteiger partial charge >= 0.3 is 0 Å². The van der Waals surface area contributed by atoms with Crippen molar-refractivity contribution in [1.82, 2.24) is 9.97 Å². The molecule has 1 N–H and O–H groups in total. The quantitative estimate of drug-likeness (QED) is 0.741.